The Labute approximate surface area is 210 Å². The van der Waals surface area contributed by atoms with E-state index in [9.17, 15) is 8.78 Å². The normalized spacial score (nSPS) is 22.2. The summed E-state index contributed by atoms with van der Waals surface area (Å²) in [5, 5.41) is 0. The highest BCUT2D eigenvalue weighted by Gasteiger charge is 2.29. The summed E-state index contributed by atoms with van der Waals surface area (Å²) in [5.74, 6) is -1.60. The van der Waals surface area contributed by atoms with Crippen LogP contribution in [0.2, 0.25) is 0 Å². The molecule has 5 rings (SSSR count). The number of benzene rings is 3. The molecular formula is C32H30F4. The molecule has 0 radical (unpaired) electrons. The molecule has 1 saturated carbocycles. The van der Waals surface area contributed by atoms with Crippen LogP contribution in [0.15, 0.2) is 73.3 Å². The van der Waals surface area contributed by atoms with Crippen molar-refractivity contribution < 1.29 is 17.6 Å². The van der Waals surface area contributed by atoms with Crippen LogP contribution in [0.25, 0.3) is 27.8 Å². The second kappa shape index (κ2) is 10.5. The summed E-state index contributed by atoms with van der Waals surface area (Å²) in [6, 6.07) is 13.6. The van der Waals surface area contributed by atoms with E-state index in [1.807, 2.05) is 0 Å². The summed E-state index contributed by atoms with van der Waals surface area (Å²) in [6.45, 7) is 3.93. The average Bonchev–Trinajstić information content (AvgIpc) is 2.92. The maximum absolute atomic E-state index is 15.2. The zero-order valence-electron chi connectivity index (χ0n) is 20.3. The monoisotopic (exact) mass is 490 g/mol. The first-order valence-electron chi connectivity index (χ1n) is 12.8. The molecule has 0 aromatic heterocycles. The zero-order valence-corrected chi connectivity index (χ0v) is 20.3. The third kappa shape index (κ3) is 4.78. The number of rotatable bonds is 5. The summed E-state index contributed by atoms with van der Waals surface area (Å²) in [4.78, 5) is 0. The van der Waals surface area contributed by atoms with Crippen molar-refractivity contribution in [2.24, 2.45) is 17.8 Å². The topological polar surface area (TPSA) is 0 Å². The molecule has 0 saturated heterocycles. The Morgan fingerprint density at radius 3 is 1.86 bits per heavy atom. The first-order valence-corrected chi connectivity index (χ1v) is 12.8. The van der Waals surface area contributed by atoms with Crippen LogP contribution in [0.1, 0.15) is 50.5 Å². The molecule has 2 aliphatic carbocycles. The van der Waals surface area contributed by atoms with E-state index in [-0.39, 0.29) is 11.1 Å². The van der Waals surface area contributed by atoms with Gasteiger partial charge in [0.25, 0.3) is 0 Å². The van der Waals surface area contributed by atoms with Crippen molar-refractivity contribution in [3.63, 3.8) is 0 Å². The lowest BCUT2D eigenvalue weighted by Crippen LogP contribution is -2.22. The SMILES string of the molecule is C=CC1CCC(C2CC=C(c3ccc(-c4ccc(-c5cccc(F)c5F)cc4)c(F)c3F)CC2)CC1. The second-order valence-corrected chi connectivity index (χ2v) is 10.1. The van der Waals surface area contributed by atoms with Crippen molar-refractivity contribution in [3.05, 3.63) is 102 Å². The molecule has 0 aliphatic heterocycles. The first kappa shape index (κ1) is 24.5. The summed E-state index contributed by atoms with van der Waals surface area (Å²) >= 11 is 0. The molecule has 0 spiro atoms. The van der Waals surface area contributed by atoms with E-state index in [1.54, 1.807) is 36.4 Å². The van der Waals surface area contributed by atoms with E-state index >= 15 is 8.78 Å². The van der Waals surface area contributed by atoms with Crippen molar-refractivity contribution in [2.75, 3.05) is 0 Å². The molecule has 0 bridgehead atoms. The predicted molar refractivity (Wildman–Crippen MR) is 138 cm³/mol. The van der Waals surface area contributed by atoms with Crippen molar-refractivity contribution in [1.82, 2.24) is 0 Å². The molecule has 1 unspecified atom stereocenters. The molecule has 2 aliphatic rings. The van der Waals surface area contributed by atoms with Gasteiger partial charge in [0.2, 0.25) is 0 Å². The molecular weight excluding hydrogens is 460 g/mol. The summed E-state index contributed by atoms with van der Waals surface area (Å²) < 4.78 is 58.0. The van der Waals surface area contributed by atoms with Crippen LogP contribution in [0.5, 0.6) is 0 Å². The van der Waals surface area contributed by atoms with Crippen LogP contribution in [-0.2, 0) is 0 Å². The van der Waals surface area contributed by atoms with E-state index < -0.39 is 23.3 Å². The number of halogens is 4. The number of hydrogen-bond acceptors (Lipinski definition) is 0. The van der Waals surface area contributed by atoms with Gasteiger partial charge in [0.1, 0.15) is 0 Å². The van der Waals surface area contributed by atoms with E-state index in [1.165, 1.54) is 37.8 Å². The van der Waals surface area contributed by atoms with Crippen LogP contribution in [0, 0.1) is 41.0 Å². The standard InChI is InChI=1S/C32H30F4/c1-2-20-6-8-21(9-7-20)22-10-12-24(13-11-22)27-18-19-28(32(36)31(27)35)25-16-14-23(15-17-25)26-4-3-5-29(33)30(26)34/h2-5,12,14-22H,1,6-11,13H2. The lowest BCUT2D eigenvalue weighted by atomic mass is 9.71. The third-order valence-corrected chi connectivity index (χ3v) is 8.15. The molecule has 36 heavy (non-hydrogen) atoms. The molecule has 0 heterocycles. The van der Waals surface area contributed by atoms with Crippen molar-refractivity contribution >= 4 is 5.57 Å². The van der Waals surface area contributed by atoms with Gasteiger partial charge < -0.3 is 0 Å². The van der Waals surface area contributed by atoms with Gasteiger partial charge in [-0.1, -0.05) is 60.7 Å². The fraction of sp³-hybridized carbons (Fsp3) is 0.312. The second-order valence-electron chi connectivity index (χ2n) is 10.1. The fourth-order valence-electron chi connectivity index (χ4n) is 5.96. The average molecular weight is 491 g/mol. The van der Waals surface area contributed by atoms with Crippen LogP contribution in [0.4, 0.5) is 17.6 Å². The van der Waals surface area contributed by atoms with Gasteiger partial charge >= 0.3 is 0 Å². The highest BCUT2D eigenvalue weighted by molar-refractivity contribution is 5.74. The van der Waals surface area contributed by atoms with Gasteiger partial charge in [0.05, 0.1) is 0 Å². The van der Waals surface area contributed by atoms with Crippen molar-refractivity contribution in [3.8, 4) is 22.3 Å². The van der Waals surface area contributed by atoms with Crippen LogP contribution >= 0.6 is 0 Å². The molecule has 0 N–H and O–H groups in total. The highest BCUT2D eigenvalue weighted by Crippen LogP contribution is 2.42. The summed E-state index contributed by atoms with van der Waals surface area (Å²) in [5.41, 5.74) is 2.43. The van der Waals surface area contributed by atoms with Crippen LogP contribution in [0.3, 0.4) is 0 Å². The van der Waals surface area contributed by atoms with E-state index in [0.29, 0.717) is 34.4 Å². The van der Waals surface area contributed by atoms with Gasteiger partial charge in [0, 0.05) is 16.7 Å². The van der Waals surface area contributed by atoms with Gasteiger partial charge in [-0.3, -0.25) is 0 Å². The largest absolute Gasteiger partial charge is 0.204 e. The van der Waals surface area contributed by atoms with Gasteiger partial charge in [-0.2, -0.15) is 0 Å². The molecule has 0 nitrogen and oxygen atoms in total. The minimum Gasteiger partial charge on any atom is -0.204 e. The smallest absolute Gasteiger partial charge is 0.167 e. The minimum absolute atomic E-state index is 0.125. The van der Waals surface area contributed by atoms with E-state index in [2.05, 4.69) is 18.7 Å². The maximum atomic E-state index is 15.2. The molecule has 1 atom stereocenters. The zero-order chi connectivity index (χ0) is 25.2. The molecule has 1 fully saturated rings. The molecule has 3 aromatic rings. The number of allylic oxidation sites excluding steroid dienone is 3. The van der Waals surface area contributed by atoms with Gasteiger partial charge in [-0.05, 0) is 85.5 Å². The third-order valence-electron chi connectivity index (χ3n) is 8.15. The molecule has 3 aromatic carbocycles. The highest BCUT2D eigenvalue weighted by atomic mass is 19.2. The Morgan fingerprint density at radius 1 is 0.639 bits per heavy atom. The Hall–Kier alpha value is -3.14. The first-order chi connectivity index (χ1) is 17.5. The van der Waals surface area contributed by atoms with Crippen molar-refractivity contribution in [1.29, 1.82) is 0 Å². The molecule has 4 heteroatoms. The fourth-order valence-corrected chi connectivity index (χ4v) is 5.96. The maximum Gasteiger partial charge on any atom is 0.167 e. The van der Waals surface area contributed by atoms with Gasteiger partial charge in [-0.25, -0.2) is 17.6 Å². The Balaban J connectivity index is 1.32. The summed E-state index contributed by atoms with van der Waals surface area (Å²) in [7, 11) is 0. The van der Waals surface area contributed by atoms with Crippen LogP contribution < -0.4 is 0 Å². The Bertz CT molecular complexity index is 1280. The minimum atomic E-state index is -0.931. The van der Waals surface area contributed by atoms with E-state index in [0.717, 1.165) is 30.9 Å². The molecule has 186 valence electrons. The Morgan fingerprint density at radius 2 is 1.25 bits per heavy atom. The lowest BCUT2D eigenvalue weighted by Gasteiger charge is -2.34. The van der Waals surface area contributed by atoms with E-state index in [4.69, 9.17) is 0 Å². The summed E-state index contributed by atoms with van der Waals surface area (Å²) in [6.07, 6.45) is 11.7. The lowest BCUT2D eigenvalue weighted by molar-refractivity contribution is 0.212. The van der Waals surface area contributed by atoms with Crippen LogP contribution in [-0.4, -0.2) is 0 Å². The van der Waals surface area contributed by atoms with Crippen molar-refractivity contribution in [2.45, 2.75) is 44.9 Å². The number of hydrogen-bond donors (Lipinski definition) is 0. The van der Waals surface area contributed by atoms with Gasteiger partial charge in [-0.15, -0.1) is 6.58 Å². The predicted octanol–water partition coefficient (Wildman–Crippen LogP) is 9.75. The molecule has 0 amide bonds. The Kier molecular flexibility index (Phi) is 7.13. The van der Waals surface area contributed by atoms with Gasteiger partial charge in [0.15, 0.2) is 23.3 Å². The quantitative estimate of drug-likeness (QED) is 0.247.